The van der Waals surface area contributed by atoms with E-state index in [2.05, 4.69) is 39.9 Å². The lowest BCUT2D eigenvalue weighted by atomic mass is 10.1. The Hall–Kier alpha value is -1.87. The molecular formula is C13H10N2S. The summed E-state index contributed by atoms with van der Waals surface area (Å²) in [6, 6.07) is 14.5. The molecule has 2 heterocycles. The van der Waals surface area contributed by atoms with Crippen LogP contribution in [-0.2, 0) is 0 Å². The van der Waals surface area contributed by atoms with Crippen molar-refractivity contribution in [2.75, 3.05) is 0 Å². The molecular weight excluding hydrogens is 216 g/mol. The summed E-state index contributed by atoms with van der Waals surface area (Å²) in [6.45, 7) is 0. The summed E-state index contributed by atoms with van der Waals surface area (Å²) in [5, 5.41) is 2.99. The first-order valence-electron chi connectivity index (χ1n) is 5.08. The van der Waals surface area contributed by atoms with Gasteiger partial charge >= 0.3 is 0 Å². The Morgan fingerprint density at radius 1 is 1.00 bits per heavy atom. The highest BCUT2D eigenvalue weighted by Gasteiger charge is 2.06. The van der Waals surface area contributed by atoms with Crippen molar-refractivity contribution in [2.45, 2.75) is 0 Å². The van der Waals surface area contributed by atoms with Crippen LogP contribution in [0.25, 0.3) is 16.4 Å². The number of nitrogens with zero attached hydrogens (tertiary/aromatic N) is 2. The fourth-order valence-corrected chi connectivity index (χ4v) is 2.36. The second kappa shape index (κ2) is 3.94. The largest absolute Gasteiger partial charge is 0.293 e. The minimum Gasteiger partial charge on any atom is -0.293 e. The van der Waals surface area contributed by atoms with Gasteiger partial charge in [0.2, 0.25) is 0 Å². The van der Waals surface area contributed by atoms with E-state index in [1.807, 2.05) is 29.9 Å². The van der Waals surface area contributed by atoms with Gasteiger partial charge < -0.3 is 0 Å². The molecule has 0 amide bonds. The number of thiazole rings is 1. The monoisotopic (exact) mass is 226 g/mol. The normalized spacial score (nSPS) is 10.5. The summed E-state index contributed by atoms with van der Waals surface area (Å²) < 4.78 is 2.11. The molecule has 0 aliphatic rings. The number of benzene rings is 1. The molecule has 1 aromatic carbocycles. The number of rotatable bonds is 2. The van der Waals surface area contributed by atoms with Gasteiger partial charge in [0.05, 0.1) is 5.69 Å². The first-order valence-corrected chi connectivity index (χ1v) is 5.96. The van der Waals surface area contributed by atoms with Gasteiger partial charge in [0.15, 0.2) is 5.13 Å². The maximum Gasteiger partial charge on any atom is 0.193 e. The molecule has 0 atom stereocenters. The molecule has 3 heteroatoms. The fraction of sp³-hybridized carbons (Fsp3) is 0. The van der Waals surface area contributed by atoms with Gasteiger partial charge in [0.1, 0.15) is 0 Å². The van der Waals surface area contributed by atoms with Crippen LogP contribution in [0.2, 0.25) is 0 Å². The van der Waals surface area contributed by atoms with Gasteiger partial charge in [-0.2, -0.15) is 0 Å². The predicted octanol–water partition coefficient (Wildman–Crippen LogP) is 3.60. The molecule has 16 heavy (non-hydrogen) atoms. The number of hydrogen-bond donors (Lipinski definition) is 0. The zero-order valence-corrected chi connectivity index (χ0v) is 9.39. The summed E-state index contributed by atoms with van der Waals surface area (Å²) in [6.07, 6.45) is 3.87. The fourth-order valence-electron chi connectivity index (χ4n) is 1.73. The van der Waals surface area contributed by atoms with E-state index >= 15 is 0 Å². The molecule has 0 unspecified atom stereocenters. The van der Waals surface area contributed by atoms with Crippen molar-refractivity contribution >= 4 is 11.3 Å². The predicted molar refractivity (Wildman–Crippen MR) is 66.9 cm³/mol. The molecule has 2 nitrogen and oxygen atoms in total. The van der Waals surface area contributed by atoms with Crippen LogP contribution in [0.3, 0.4) is 0 Å². The summed E-state index contributed by atoms with van der Waals surface area (Å²) in [5.74, 6) is 0. The van der Waals surface area contributed by atoms with E-state index in [0.717, 1.165) is 5.13 Å². The maximum atomic E-state index is 4.33. The van der Waals surface area contributed by atoms with Gasteiger partial charge in [-0.3, -0.25) is 4.57 Å². The first-order chi connectivity index (χ1) is 7.95. The zero-order valence-electron chi connectivity index (χ0n) is 8.58. The summed E-state index contributed by atoms with van der Waals surface area (Å²) in [4.78, 5) is 4.33. The molecule has 3 aromatic rings. The standard InChI is InChI=1S/C13H10N2S/c1-2-5-11(6-3-1)12-7-4-9-15(12)13-14-8-10-16-13/h1-10H. The van der Waals surface area contributed by atoms with Gasteiger partial charge in [-0.15, -0.1) is 11.3 Å². The molecule has 0 fully saturated rings. The van der Waals surface area contributed by atoms with Crippen LogP contribution in [0.15, 0.2) is 60.2 Å². The Bertz CT molecular complexity index is 567. The smallest absolute Gasteiger partial charge is 0.193 e. The molecule has 0 aliphatic heterocycles. The minimum atomic E-state index is 1.00. The van der Waals surface area contributed by atoms with Crippen LogP contribution in [0.1, 0.15) is 0 Å². The summed E-state index contributed by atoms with van der Waals surface area (Å²) in [7, 11) is 0. The van der Waals surface area contributed by atoms with Gasteiger partial charge in [0.25, 0.3) is 0 Å². The Kier molecular flexibility index (Phi) is 2.31. The van der Waals surface area contributed by atoms with Crippen molar-refractivity contribution in [3.8, 4) is 16.4 Å². The highest BCUT2D eigenvalue weighted by atomic mass is 32.1. The van der Waals surface area contributed by atoms with Crippen LogP contribution in [-0.4, -0.2) is 9.55 Å². The van der Waals surface area contributed by atoms with E-state index in [0.29, 0.717) is 0 Å². The molecule has 0 radical (unpaired) electrons. The highest BCUT2D eigenvalue weighted by molar-refractivity contribution is 7.12. The van der Waals surface area contributed by atoms with Crippen molar-refractivity contribution < 1.29 is 0 Å². The van der Waals surface area contributed by atoms with Gasteiger partial charge in [-0.1, -0.05) is 30.3 Å². The number of hydrogen-bond acceptors (Lipinski definition) is 2. The molecule has 3 rings (SSSR count). The topological polar surface area (TPSA) is 17.8 Å². The third-order valence-corrected chi connectivity index (χ3v) is 3.21. The average molecular weight is 226 g/mol. The summed E-state index contributed by atoms with van der Waals surface area (Å²) >= 11 is 1.64. The second-order valence-electron chi connectivity index (χ2n) is 3.44. The quantitative estimate of drug-likeness (QED) is 0.652. The van der Waals surface area contributed by atoms with Crippen molar-refractivity contribution in [1.29, 1.82) is 0 Å². The van der Waals surface area contributed by atoms with Crippen molar-refractivity contribution in [3.63, 3.8) is 0 Å². The Morgan fingerprint density at radius 3 is 2.62 bits per heavy atom. The SMILES string of the molecule is c1ccc(-c2cccn2-c2nccs2)cc1. The first kappa shape index (κ1) is 9.36. The van der Waals surface area contributed by atoms with Gasteiger partial charge in [0, 0.05) is 17.8 Å². The van der Waals surface area contributed by atoms with Crippen LogP contribution < -0.4 is 0 Å². The second-order valence-corrected chi connectivity index (χ2v) is 4.32. The molecule has 78 valence electrons. The molecule has 0 bridgehead atoms. The van der Waals surface area contributed by atoms with E-state index in [1.54, 1.807) is 11.3 Å². The molecule has 0 saturated heterocycles. The lowest BCUT2D eigenvalue weighted by Gasteiger charge is -2.05. The molecule has 2 aromatic heterocycles. The Balaban J connectivity index is 2.14. The highest BCUT2D eigenvalue weighted by Crippen LogP contribution is 2.24. The molecule has 0 spiro atoms. The van der Waals surface area contributed by atoms with E-state index in [-0.39, 0.29) is 0 Å². The average Bonchev–Trinajstić information content (AvgIpc) is 3.01. The van der Waals surface area contributed by atoms with Crippen LogP contribution in [0, 0.1) is 0 Å². The van der Waals surface area contributed by atoms with Crippen molar-refractivity contribution in [1.82, 2.24) is 9.55 Å². The van der Waals surface area contributed by atoms with Gasteiger partial charge in [-0.05, 0) is 17.7 Å². The maximum absolute atomic E-state index is 4.33. The summed E-state index contributed by atoms with van der Waals surface area (Å²) in [5.41, 5.74) is 2.39. The van der Waals surface area contributed by atoms with Crippen molar-refractivity contribution in [3.05, 3.63) is 60.2 Å². The number of aromatic nitrogens is 2. The Labute approximate surface area is 97.8 Å². The zero-order chi connectivity index (χ0) is 10.8. The molecule has 0 saturated carbocycles. The van der Waals surface area contributed by atoms with Crippen LogP contribution in [0.5, 0.6) is 0 Å². The van der Waals surface area contributed by atoms with Gasteiger partial charge in [-0.25, -0.2) is 4.98 Å². The van der Waals surface area contributed by atoms with E-state index < -0.39 is 0 Å². The lowest BCUT2D eigenvalue weighted by molar-refractivity contribution is 1.06. The van der Waals surface area contributed by atoms with Crippen LogP contribution in [0.4, 0.5) is 0 Å². The van der Waals surface area contributed by atoms with E-state index in [1.165, 1.54) is 11.3 Å². The molecule has 0 N–H and O–H groups in total. The minimum absolute atomic E-state index is 1.00. The third-order valence-electron chi connectivity index (χ3n) is 2.44. The third kappa shape index (κ3) is 1.55. The van der Waals surface area contributed by atoms with E-state index in [9.17, 15) is 0 Å². The Morgan fingerprint density at radius 2 is 1.88 bits per heavy atom. The van der Waals surface area contributed by atoms with E-state index in [4.69, 9.17) is 0 Å². The van der Waals surface area contributed by atoms with Crippen LogP contribution >= 0.6 is 11.3 Å². The molecule has 0 aliphatic carbocycles. The lowest BCUT2D eigenvalue weighted by Crippen LogP contribution is -1.93. The van der Waals surface area contributed by atoms with Crippen molar-refractivity contribution in [2.24, 2.45) is 0 Å².